The maximum Gasteiger partial charge on any atom is 0.311 e. The van der Waals surface area contributed by atoms with Gasteiger partial charge in [-0.3, -0.25) is 9.59 Å². The fraction of sp³-hybridized carbons (Fsp3) is 0.556. The Kier molecular flexibility index (Phi) is 5.43. The highest BCUT2D eigenvalue weighted by molar-refractivity contribution is 5.86. The van der Waals surface area contributed by atoms with Gasteiger partial charge in [-0.2, -0.15) is 0 Å². The largest absolute Gasteiger partial charge is 0.486 e. The van der Waals surface area contributed by atoms with Gasteiger partial charge in [0.15, 0.2) is 11.5 Å². The van der Waals surface area contributed by atoms with Crippen LogP contribution in [-0.4, -0.2) is 56.8 Å². The number of benzene rings is 1. The van der Waals surface area contributed by atoms with Gasteiger partial charge in [0, 0.05) is 26.6 Å². The van der Waals surface area contributed by atoms with Crippen molar-refractivity contribution in [2.75, 3.05) is 40.0 Å². The van der Waals surface area contributed by atoms with Gasteiger partial charge >= 0.3 is 5.97 Å². The molecule has 0 bridgehead atoms. The van der Waals surface area contributed by atoms with E-state index in [-0.39, 0.29) is 18.3 Å². The summed E-state index contributed by atoms with van der Waals surface area (Å²) in [6, 6.07) is 5.51. The van der Waals surface area contributed by atoms with Gasteiger partial charge in [0.05, 0.1) is 12.5 Å². The second-order valence-corrected chi connectivity index (χ2v) is 6.22. The lowest BCUT2D eigenvalue weighted by Gasteiger charge is -2.21. The van der Waals surface area contributed by atoms with E-state index in [4.69, 9.17) is 18.9 Å². The van der Waals surface area contributed by atoms with Crippen molar-refractivity contribution < 1.29 is 28.5 Å². The van der Waals surface area contributed by atoms with E-state index in [2.05, 4.69) is 0 Å². The Morgan fingerprint density at radius 2 is 2.08 bits per heavy atom. The number of methoxy groups -OCH3 is 1. The number of carbonyl (C=O) groups is 2. The first-order valence-electron chi connectivity index (χ1n) is 8.45. The zero-order valence-electron chi connectivity index (χ0n) is 14.5. The molecule has 0 spiro atoms. The summed E-state index contributed by atoms with van der Waals surface area (Å²) in [6.07, 6.45) is -0.234. The molecular formula is C18H23NO6. The molecule has 2 aliphatic heterocycles. The number of hydrogen-bond donors (Lipinski definition) is 0. The molecule has 7 nitrogen and oxygen atoms in total. The van der Waals surface area contributed by atoms with Gasteiger partial charge in [-0.15, -0.1) is 0 Å². The first kappa shape index (κ1) is 17.5. The molecule has 1 saturated heterocycles. The number of nitrogens with zero attached hydrogens (tertiary/aromatic N) is 1. The van der Waals surface area contributed by atoms with Gasteiger partial charge in [0.25, 0.3) is 0 Å². The van der Waals surface area contributed by atoms with Crippen LogP contribution >= 0.6 is 0 Å². The van der Waals surface area contributed by atoms with Crippen molar-refractivity contribution in [2.24, 2.45) is 5.92 Å². The minimum atomic E-state index is -0.427. The van der Waals surface area contributed by atoms with Crippen LogP contribution < -0.4 is 9.47 Å². The van der Waals surface area contributed by atoms with Crippen LogP contribution in [0.5, 0.6) is 11.5 Å². The molecule has 1 amide bonds. The topological polar surface area (TPSA) is 74.3 Å². The van der Waals surface area contributed by atoms with Crippen molar-refractivity contribution in [3.63, 3.8) is 0 Å². The molecule has 0 aliphatic carbocycles. The van der Waals surface area contributed by atoms with E-state index in [1.54, 1.807) is 12.0 Å². The summed E-state index contributed by atoms with van der Waals surface area (Å²) >= 11 is 0. The van der Waals surface area contributed by atoms with Gasteiger partial charge < -0.3 is 23.8 Å². The molecule has 2 atom stereocenters. The lowest BCUT2D eigenvalue weighted by atomic mass is 10.1. The fourth-order valence-electron chi connectivity index (χ4n) is 3.00. The molecule has 7 heteroatoms. The third-order valence-corrected chi connectivity index (χ3v) is 4.44. The SMILES string of the molecule is COCCN1C[C@H](C(=O)O[C@@H](C)c2ccc3c(c2)OCCO3)CC1=O. The molecular weight excluding hydrogens is 326 g/mol. The van der Waals surface area contributed by atoms with E-state index < -0.39 is 12.0 Å². The molecule has 25 heavy (non-hydrogen) atoms. The maximum absolute atomic E-state index is 12.4. The Balaban J connectivity index is 1.58. The molecule has 0 aromatic heterocycles. The quantitative estimate of drug-likeness (QED) is 0.726. The Hall–Kier alpha value is -2.28. The number of amides is 1. The molecule has 1 aromatic rings. The summed E-state index contributed by atoms with van der Waals surface area (Å²) in [6.45, 7) is 4.19. The molecule has 0 saturated carbocycles. The fourth-order valence-corrected chi connectivity index (χ4v) is 3.00. The number of fused-ring (bicyclic) bond motifs is 1. The van der Waals surface area contributed by atoms with E-state index in [0.29, 0.717) is 44.4 Å². The summed E-state index contributed by atoms with van der Waals surface area (Å²) in [7, 11) is 1.58. The van der Waals surface area contributed by atoms with Gasteiger partial charge in [-0.1, -0.05) is 6.07 Å². The third-order valence-electron chi connectivity index (χ3n) is 4.44. The van der Waals surface area contributed by atoms with Crippen LogP contribution in [0.3, 0.4) is 0 Å². The minimum Gasteiger partial charge on any atom is -0.486 e. The van der Waals surface area contributed by atoms with E-state index in [9.17, 15) is 9.59 Å². The molecule has 3 rings (SSSR count). The van der Waals surface area contributed by atoms with Gasteiger partial charge in [-0.05, 0) is 24.6 Å². The molecule has 0 N–H and O–H groups in total. The predicted octanol–water partition coefficient (Wildman–Crippen LogP) is 1.56. The van der Waals surface area contributed by atoms with E-state index >= 15 is 0 Å². The Bertz CT molecular complexity index is 646. The second-order valence-electron chi connectivity index (χ2n) is 6.22. The minimum absolute atomic E-state index is 0.0361. The molecule has 2 heterocycles. The summed E-state index contributed by atoms with van der Waals surface area (Å²) in [4.78, 5) is 26.0. The average molecular weight is 349 g/mol. The molecule has 0 unspecified atom stereocenters. The van der Waals surface area contributed by atoms with E-state index in [0.717, 1.165) is 5.56 Å². The number of esters is 1. The highest BCUT2D eigenvalue weighted by atomic mass is 16.6. The van der Waals surface area contributed by atoms with E-state index in [1.165, 1.54) is 0 Å². The Labute approximate surface area is 146 Å². The lowest BCUT2D eigenvalue weighted by molar-refractivity contribution is -0.153. The molecule has 1 aromatic carbocycles. The van der Waals surface area contributed by atoms with Crippen LogP contribution in [0.25, 0.3) is 0 Å². The summed E-state index contributed by atoms with van der Waals surface area (Å²) < 4.78 is 21.6. The standard InChI is InChI=1S/C18H23NO6/c1-12(13-3-4-15-16(9-13)24-8-7-23-15)25-18(21)14-10-17(20)19(11-14)5-6-22-2/h3-4,9,12,14H,5-8,10-11H2,1-2H3/t12-,14+/m0/s1. The van der Waals surface area contributed by atoms with Crippen LogP contribution in [0.2, 0.25) is 0 Å². The number of ether oxygens (including phenoxy) is 4. The Morgan fingerprint density at radius 1 is 1.32 bits per heavy atom. The zero-order valence-corrected chi connectivity index (χ0v) is 14.5. The van der Waals surface area contributed by atoms with Crippen molar-refractivity contribution in [2.45, 2.75) is 19.4 Å². The molecule has 136 valence electrons. The van der Waals surface area contributed by atoms with Crippen molar-refractivity contribution in [3.05, 3.63) is 23.8 Å². The normalized spacial score (nSPS) is 20.5. The lowest BCUT2D eigenvalue weighted by Crippen LogP contribution is -2.30. The molecule has 2 aliphatic rings. The zero-order chi connectivity index (χ0) is 17.8. The van der Waals surface area contributed by atoms with Crippen LogP contribution in [0.1, 0.15) is 25.0 Å². The van der Waals surface area contributed by atoms with E-state index in [1.807, 2.05) is 25.1 Å². The number of rotatable bonds is 6. The van der Waals surface area contributed by atoms with Crippen LogP contribution in [0.15, 0.2) is 18.2 Å². The number of carbonyl (C=O) groups excluding carboxylic acids is 2. The maximum atomic E-state index is 12.4. The highest BCUT2D eigenvalue weighted by Crippen LogP contribution is 2.34. The first-order valence-corrected chi connectivity index (χ1v) is 8.45. The van der Waals surface area contributed by atoms with Gasteiger partial charge in [-0.25, -0.2) is 0 Å². The van der Waals surface area contributed by atoms with Crippen LogP contribution in [-0.2, 0) is 19.1 Å². The number of likely N-dealkylation sites (tertiary alicyclic amines) is 1. The van der Waals surface area contributed by atoms with Crippen LogP contribution in [0, 0.1) is 5.92 Å². The Morgan fingerprint density at radius 3 is 2.84 bits per heavy atom. The molecule has 0 radical (unpaired) electrons. The number of hydrogen-bond acceptors (Lipinski definition) is 6. The van der Waals surface area contributed by atoms with Crippen molar-refractivity contribution in [3.8, 4) is 11.5 Å². The van der Waals surface area contributed by atoms with Crippen LogP contribution in [0.4, 0.5) is 0 Å². The van der Waals surface area contributed by atoms with Crippen molar-refractivity contribution in [1.82, 2.24) is 4.90 Å². The predicted molar refractivity (Wildman–Crippen MR) is 88.5 cm³/mol. The summed E-state index contributed by atoms with van der Waals surface area (Å²) in [5, 5.41) is 0. The monoisotopic (exact) mass is 349 g/mol. The highest BCUT2D eigenvalue weighted by Gasteiger charge is 2.35. The summed E-state index contributed by atoms with van der Waals surface area (Å²) in [5.41, 5.74) is 0.832. The smallest absolute Gasteiger partial charge is 0.311 e. The van der Waals surface area contributed by atoms with Gasteiger partial charge in [0.1, 0.15) is 19.3 Å². The first-order chi connectivity index (χ1) is 12.1. The average Bonchev–Trinajstić information content (AvgIpc) is 3.00. The summed E-state index contributed by atoms with van der Waals surface area (Å²) in [5.74, 6) is 0.544. The second kappa shape index (κ2) is 7.74. The molecule has 1 fully saturated rings. The van der Waals surface area contributed by atoms with Crippen molar-refractivity contribution in [1.29, 1.82) is 0 Å². The third kappa shape index (κ3) is 4.04. The van der Waals surface area contributed by atoms with Gasteiger partial charge in [0.2, 0.25) is 5.91 Å². The van der Waals surface area contributed by atoms with Crippen molar-refractivity contribution >= 4 is 11.9 Å².